The van der Waals surface area contributed by atoms with Crippen LogP contribution in [0.25, 0.3) is 0 Å². The predicted octanol–water partition coefficient (Wildman–Crippen LogP) is 2.96. The van der Waals surface area contributed by atoms with Crippen LogP contribution in [0.5, 0.6) is 5.75 Å². The molecule has 0 radical (unpaired) electrons. The maximum atomic E-state index is 12.6. The molecule has 5 nitrogen and oxygen atoms in total. The van der Waals surface area contributed by atoms with Gasteiger partial charge in [-0.15, -0.1) is 0 Å². The lowest BCUT2D eigenvalue weighted by Gasteiger charge is -2.26. The molecule has 0 aromatic heterocycles. The molecule has 2 atom stereocenters. The van der Waals surface area contributed by atoms with Crippen molar-refractivity contribution in [3.8, 4) is 5.75 Å². The van der Waals surface area contributed by atoms with E-state index in [1.54, 1.807) is 6.92 Å². The SMILES string of the molecule is Cc1ccc(C(C)C)c(OC(C)C(=O)N2CCC[C@H]2C(=O)O)c1. The van der Waals surface area contributed by atoms with Crippen molar-refractivity contribution in [2.45, 2.75) is 58.6 Å². The van der Waals surface area contributed by atoms with Gasteiger partial charge in [-0.3, -0.25) is 4.79 Å². The molecule has 1 heterocycles. The van der Waals surface area contributed by atoms with Gasteiger partial charge < -0.3 is 14.7 Å². The first-order chi connectivity index (χ1) is 10.8. The van der Waals surface area contributed by atoms with E-state index >= 15 is 0 Å². The molecule has 1 N–H and O–H groups in total. The Morgan fingerprint density at radius 2 is 2.00 bits per heavy atom. The third kappa shape index (κ3) is 3.84. The van der Waals surface area contributed by atoms with Crippen LogP contribution in [0.1, 0.15) is 50.7 Å². The fraction of sp³-hybridized carbons (Fsp3) is 0.556. The zero-order valence-corrected chi connectivity index (χ0v) is 14.2. The lowest BCUT2D eigenvalue weighted by atomic mass is 10.0. The molecular formula is C18H25NO4. The fourth-order valence-electron chi connectivity index (χ4n) is 2.98. The van der Waals surface area contributed by atoms with Gasteiger partial charge >= 0.3 is 5.97 Å². The van der Waals surface area contributed by atoms with Crippen LogP contribution in [0.2, 0.25) is 0 Å². The number of carbonyl (C=O) groups is 2. The van der Waals surface area contributed by atoms with Gasteiger partial charge in [0.2, 0.25) is 0 Å². The molecule has 1 aliphatic heterocycles. The number of hydrogen-bond acceptors (Lipinski definition) is 3. The number of carboxylic acids is 1. The van der Waals surface area contributed by atoms with Crippen molar-refractivity contribution in [1.82, 2.24) is 4.90 Å². The van der Waals surface area contributed by atoms with Crippen molar-refractivity contribution in [1.29, 1.82) is 0 Å². The maximum Gasteiger partial charge on any atom is 0.326 e. The Balaban J connectivity index is 2.15. The van der Waals surface area contributed by atoms with Gasteiger partial charge in [-0.25, -0.2) is 4.79 Å². The van der Waals surface area contributed by atoms with Crippen LogP contribution in [0, 0.1) is 6.92 Å². The summed E-state index contributed by atoms with van der Waals surface area (Å²) >= 11 is 0. The molecule has 23 heavy (non-hydrogen) atoms. The van der Waals surface area contributed by atoms with Crippen molar-refractivity contribution in [2.24, 2.45) is 0 Å². The van der Waals surface area contributed by atoms with Crippen LogP contribution in [-0.2, 0) is 9.59 Å². The van der Waals surface area contributed by atoms with E-state index < -0.39 is 18.1 Å². The highest BCUT2D eigenvalue weighted by Gasteiger charge is 2.36. The Labute approximate surface area is 137 Å². The van der Waals surface area contributed by atoms with Crippen LogP contribution < -0.4 is 4.74 Å². The van der Waals surface area contributed by atoms with E-state index in [0.717, 1.165) is 17.5 Å². The molecule has 126 valence electrons. The summed E-state index contributed by atoms with van der Waals surface area (Å²) in [6.45, 7) is 8.29. The summed E-state index contributed by atoms with van der Waals surface area (Å²) in [5.41, 5.74) is 2.11. The highest BCUT2D eigenvalue weighted by atomic mass is 16.5. The summed E-state index contributed by atoms with van der Waals surface area (Å²) in [5.74, 6) is -0.217. The van der Waals surface area contributed by atoms with Crippen molar-refractivity contribution < 1.29 is 19.4 Å². The van der Waals surface area contributed by atoms with E-state index in [1.807, 2.05) is 25.1 Å². The molecule has 2 rings (SSSR count). The smallest absolute Gasteiger partial charge is 0.326 e. The second-order valence-corrected chi connectivity index (χ2v) is 6.48. The number of benzene rings is 1. The first-order valence-electron chi connectivity index (χ1n) is 8.11. The Morgan fingerprint density at radius 1 is 1.30 bits per heavy atom. The topological polar surface area (TPSA) is 66.8 Å². The molecule has 1 fully saturated rings. The molecular weight excluding hydrogens is 294 g/mol. The number of amides is 1. The molecule has 1 aromatic carbocycles. The van der Waals surface area contributed by atoms with E-state index in [2.05, 4.69) is 13.8 Å². The Bertz CT molecular complexity index is 597. The minimum atomic E-state index is -0.943. The second kappa shape index (κ2) is 7.02. The number of likely N-dealkylation sites (tertiary alicyclic amines) is 1. The van der Waals surface area contributed by atoms with Gasteiger partial charge in [0.25, 0.3) is 5.91 Å². The summed E-state index contributed by atoms with van der Waals surface area (Å²) < 4.78 is 5.91. The minimum Gasteiger partial charge on any atom is -0.481 e. The van der Waals surface area contributed by atoms with Crippen LogP contribution >= 0.6 is 0 Å². The second-order valence-electron chi connectivity index (χ2n) is 6.48. The highest BCUT2D eigenvalue weighted by Crippen LogP contribution is 2.29. The molecule has 0 spiro atoms. The van der Waals surface area contributed by atoms with Crippen LogP contribution in [0.4, 0.5) is 0 Å². The largest absolute Gasteiger partial charge is 0.481 e. The van der Waals surface area contributed by atoms with Gasteiger partial charge in [-0.1, -0.05) is 26.0 Å². The van der Waals surface area contributed by atoms with E-state index in [9.17, 15) is 14.7 Å². The zero-order valence-electron chi connectivity index (χ0n) is 14.2. The summed E-state index contributed by atoms with van der Waals surface area (Å²) in [5, 5.41) is 9.22. The third-order valence-electron chi connectivity index (χ3n) is 4.26. The quantitative estimate of drug-likeness (QED) is 0.906. The normalized spacial score (nSPS) is 19.0. The standard InChI is InChI=1S/C18H25NO4/c1-11(2)14-8-7-12(3)10-16(14)23-13(4)17(20)19-9-5-6-15(19)18(21)22/h7-8,10-11,13,15H,5-6,9H2,1-4H3,(H,21,22)/t13?,15-/m0/s1. The van der Waals surface area contributed by atoms with E-state index in [4.69, 9.17) is 4.74 Å². The Kier molecular flexibility index (Phi) is 5.29. The number of ether oxygens (including phenoxy) is 1. The van der Waals surface area contributed by atoms with Crippen molar-refractivity contribution in [3.05, 3.63) is 29.3 Å². The lowest BCUT2D eigenvalue weighted by Crippen LogP contribution is -2.46. The number of carbonyl (C=O) groups excluding carboxylic acids is 1. The lowest BCUT2D eigenvalue weighted by molar-refractivity contribution is -0.150. The Hall–Kier alpha value is -2.04. The molecule has 0 aliphatic carbocycles. The number of rotatable bonds is 5. The van der Waals surface area contributed by atoms with Gasteiger partial charge in [0.05, 0.1) is 0 Å². The van der Waals surface area contributed by atoms with Gasteiger partial charge in [-0.2, -0.15) is 0 Å². The Morgan fingerprint density at radius 3 is 2.61 bits per heavy atom. The van der Waals surface area contributed by atoms with Crippen LogP contribution in [-0.4, -0.2) is 40.6 Å². The van der Waals surface area contributed by atoms with Crippen molar-refractivity contribution in [3.63, 3.8) is 0 Å². The average Bonchev–Trinajstić information content (AvgIpc) is 2.95. The molecule has 0 bridgehead atoms. The average molecular weight is 319 g/mol. The molecule has 1 unspecified atom stereocenters. The number of carboxylic acid groups (broad SMARTS) is 1. The molecule has 1 aliphatic rings. The molecule has 1 amide bonds. The highest BCUT2D eigenvalue weighted by molar-refractivity contribution is 5.87. The third-order valence-corrected chi connectivity index (χ3v) is 4.26. The van der Waals surface area contributed by atoms with Crippen LogP contribution in [0.15, 0.2) is 18.2 Å². The molecule has 1 aromatic rings. The van der Waals surface area contributed by atoms with Crippen molar-refractivity contribution >= 4 is 11.9 Å². The molecule has 0 saturated carbocycles. The number of nitrogens with zero attached hydrogens (tertiary/aromatic N) is 1. The first-order valence-corrected chi connectivity index (χ1v) is 8.11. The summed E-state index contributed by atoms with van der Waals surface area (Å²) in [6.07, 6.45) is 0.529. The van der Waals surface area contributed by atoms with Gasteiger partial charge in [0.1, 0.15) is 11.8 Å². The van der Waals surface area contributed by atoms with Gasteiger partial charge in [-0.05, 0) is 49.8 Å². The molecule has 1 saturated heterocycles. The minimum absolute atomic E-state index is 0.258. The zero-order chi connectivity index (χ0) is 17.1. The van der Waals surface area contributed by atoms with E-state index in [0.29, 0.717) is 18.7 Å². The maximum absolute atomic E-state index is 12.6. The van der Waals surface area contributed by atoms with E-state index in [1.165, 1.54) is 4.90 Å². The number of hydrogen-bond donors (Lipinski definition) is 1. The van der Waals surface area contributed by atoms with Crippen LogP contribution in [0.3, 0.4) is 0 Å². The predicted molar refractivity (Wildman–Crippen MR) is 87.7 cm³/mol. The summed E-state index contributed by atoms with van der Waals surface area (Å²) in [7, 11) is 0. The summed E-state index contributed by atoms with van der Waals surface area (Å²) in [4.78, 5) is 25.2. The fourth-order valence-corrected chi connectivity index (χ4v) is 2.98. The number of aliphatic carboxylic acids is 1. The first kappa shape index (κ1) is 17.3. The van der Waals surface area contributed by atoms with Gasteiger partial charge in [0, 0.05) is 6.54 Å². The van der Waals surface area contributed by atoms with Crippen molar-refractivity contribution in [2.75, 3.05) is 6.54 Å². The number of aryl methyl sites for hydroxylation is 1. The monoisotopic (exact) mass is 319 g/mol. The molecule has 5 heteroatoms. The van der Waals surface area contributed by atoms with Gasteiger partial charge in [0.15, 0.2) is 6.10 Å². The van der Waals surface area contributed by atoms with E-state index in [-0.39, 0.29) is 11.8 Å². The summed E-state index contributed by atoms with van der Waals surface area (Å²) in [6, 6.07) is 5.24.